The van der Waals surface area contributed by atoms with Gasteiger partial charge in [-0.15, -0.1) is 6.42 Å². The molecule has 1 fully saturated rings. The van der Waals surface area contributed by atoms with Crippen LogP contribution >= 0.6 is 0 Å². The van der Waals surface area contributed by atoms with Crippen molar-refractivity contribution in [2.45, 2.75) is 38.8 Å². The van der Waals surface area contributed by atoms with Crippen molar-refractivity contribution < 1.29 is 0 Å². The fraction of sp³-hybridized carbons (Fsp3) is 0.818. The van der Waals surface area contributed by atoms with E-state index in [0.29, 0.717) is 6.04 Å². The summed E-state index contributed by atoms with van der Waals surface area (Å²) in [5, 5.41) is 3.38. The average molecular weight is 180 g/mol. The van der Waals surface area contributed by atoms with Gasteiger partial charge in [0.2, 0.25) is 0 Å². The highest BCUT2D eigenvalue weighted by Crippen LogP contribution is 2.12. The molecule has 0 radical (unpaired) electrons. The maximum absolute atomic E-state index is 5.46. The molecular formula is C11H20N2. The normalized spacial score (nSPS) is 24.6. The Kier molecular flexibility index (Phi) is 4.27. The number of hydrogen-bond acceptors (Lipinski definition) is 2. The molecule has 0 amide bonds. The lowest BCUT2D eigenvalue weighted by Crippen LogP contribution is -2.42. The molecule has 1 aliphatic heterocycles. The van der Waals surface area contributed by atoms with Gasteiger partial charge in [0.15, 0.2) is 0 Å². The lowest BCUT2D eigenvalue weighted by atomic mass is 10.1. The van der Waals surface area contributed by atoms with Crippen LogP contribution in [0.3, 0.4) is 0 Å². The van der Waals surface area contributed by atoms with Crippen LogP contribution in [-0.4, -0.2) is 36.6 Å². The Hall–Kier alpha value is -0.520. The predicted molar refractivity (Wildman–Crippen MR) is 56.6 cm³/mol. The van der Waals surface area contributed by atoms with Gasteiger partial charge >= 0.3 is 0 Å². The number of hydrogen-bond donors (Lipinski definition) is 1. The minimum absolute atomic E-state index is 0.282. The summed E-state index contributed by atoms with van der Waals surface area (Å²) in [6.07, 6.45) is 7.88. The molecule has 1 rings (SSSR count). The van der Waals surface area contributed by atoms with Gasteiger partial charge in [-0.2, -0.15) is 0 Å². The van der Waals surface area contributed by atoms with E-state index in [1.165, 1.54) is 12.8 Å². The molecule has 0 aromatic heterocycles. The molecule has 1 aliphatic rings. The van der Waals surface area contributed by atoms with Gasteiger partial charge in [-0.05, 0) is 32.9 Å². The highest BCUT2D eigenvalue weighted by atomic mass is 15.2. The Morgan fingerprint density at radius 1 is 1.69 bits per heavy atom. The van der Waals surface area contributed by atoms with Crippen LogP contribution < -0.4 is 5.32 Å². The van der Waals surface area contributed by atoms with Crippen molar-refractivity contribution in [2.24, 2.45) is 0 Å². The standard InChI is InChI=1S/C11H20N2/c1-4-8-13(10(3)5-2)11-6-7-12-9-11/h2,10-12H,4,6-9H2,1,3H3. The summed E-state index contributed by atoms with van der Waals surface area (Å²) in [5.74, 6) is 2.82. The van der Waals surface area contributed by atoms with Crippen molar-refractivity contribution >= 4 is 0 Å². The summed E-state index contributed by atoms with van der Waals surface area (Å²) >= 11 is 0. The third-order valence-corrected chi connectivity index (χ3v) is 2.72. The summed E-state index contributed by atoms with van der Waals surface area (Å²) in [6.45, 7) is 7.69. The third kappa shape index (κ3) is 2.72. The lowest BCUT2D eigenvalue weighted by Gasteiger charge is -2.30. The number of nitrogens with one attached hydrogen (secondary N) is 1. The van der Waals surface area contributed by atoms with Crippen LogP contribution in [0.25, 0.3) is 0 Å². The summed E-state index contributed by atoms with van der Waals surface area (Å²) < 4.78 is 0. The Bertz CT molecular complexity index is 177. The van der Waals surface area contributed by atoms with E-state index in [9.17, 15) is 0 Å². The van der Waals surface area contributed by atoms with Crippen molar-refractivity contribution in [1.82, 2.24) is 10.2 Å². The predicted octanol–water partition coefficient (Wildman–Crippen LogP) is 1.08. The SMILES string of the molecule is C#CC(C)N(CCC)C1CCNC1. The van der Waals surface area contributed by atoms with Gasteiger partial charge < -0.3 is 5.32 Å². The Balaban J connectivity index is 2.50. The third-order valence-electron chi connectivity index (χ3n) is 2.72. The fourth-order valence-corrected chi connectivity index (χ4v) is 1.97. The van der Waals surface area contributed by atoms with Gasteiger partial charge in [0.05, 0.1) is 6.04 Å². The molecule has 0 bridgehead atoms. The second-order valence-electron chi connectivity index (χ2n) is 3.73. The van der Waals surface area contributed by atoms with E-state index in [-0.39, 0.29) is 6.04 Å². The maximum Gasteiger partial charge on any atom is 0.0686 e. The van der Waals surface area contributed by atoms with Crippen molar-refractivity contribution in [1.29, 1.82) is 0 Å². The van der Waals surface area contributed by atoms with Gasteiger partial charge in [-0.1, -0.05) is 12.8 Å². The number of rotatable bonds is 4. The zero-order valence-corrected chi connectivity index (χ0v) is 8.71. The lowest BCUT2D eigenvalue weighted by molar-refractivity contribution is 0.185. The van der Waals surface area contributed by atoms with Crippen molar-refractivity contribution in [3.8, 4) is 12.3 Å². The van der Waals surface area contributed by atoms with Gasteiger partial charge in [-0.25, -0.2) is 0 Å². The van der Waals surface area contributed by atoms with Crippen LogP contribution in [0, 0.1) is 12.3 Å². The van der Waals surface area contributed by atoms with Gasteiger partial charge in [0, 0.05) is 12.6 Å². The minimum Gasteiger partial charge on any atom is -0.315 e. The highest BCUT2D eigenvalue weighted by molar-refractivity contribution is 5.00. The second-order valence-corrected chi connectivity index (χ2v) is 3.73. The summed E-state index contributed by atoms with van der Waals surface area (Å²) in [7, 11) is 0. The molecule has 0 spiro atoms. The summed E-state index contributed by atoms with van der Waals surface area (Å²) in [4.78, 5) is 2.44. The van der Waals surface area contributed by atoms with E-state index in [0.717, 1.165) is 19.6 Å². The molecule has 1 saturated heterocycles. The first-order valence-corrected chi connectivity index (χ1v) is 5.22. The molecular weight excluding hydrogens is 160 g/mol. The number of nitrogens with zero attached hydrogens (tertiary/aromatic N) is 1. The average Bonchev–Trinajstić information content (AvgIpc) is 2.65. The Morgan fingerprint density at radius 2 is 2.46 bits per heavy atom. The van der Waals surface area contributed by atoms with E-state index < -0.39 is 0 Å². The van der Waals surface area contributed by atoms with E-state index in [1.54, 1.807) is 0 Å². The van der Waals surface area contributed by atoms with E-state index in [1.807, 2.05) is 0 Å². The fourth-order valence-electron chi connectivity index (χ4n) is 1.97. The van der Waals surface area contributed by atoms with E-state index in [2.05, 4.69) is 30.0 Å². The van der Waals surface area contributed by atoms with Crippen LogP contribution in [0.15, 0.2) is 0 Å². The van der Waals surface area contributed by atoms with Crippen LogP contribution in [0.2, 0.25) is 0 Å². The zero-order chi connectivity index (χ0) is 9.68. The molecule has 2 atom stereocenters. The molecule has 74 valence electrons. The van der Waals surface area contributed by atoms with Gasteiger partial charge in [-0.3, -0.25) is 4.90 Å². The molecule has 0 saturated carbocycles. The van der Waals surface area contributed by atoms with Crippen LogP contribution in [-0.2, 0) is 0 Å². The minimum atomic E-state index is 0.282. The molecule has 2 nitrogen and oxygen atoms in total. The number of terminal acetylenes is 1. The quantitative estimate of drug-likeness (QED) is 0.651. The molecule has 13 heavy (non-hydrogen) atoms. The largest absolute Gasteiger partial charge is 0.315 e. The Labute approximate surface area is 81.7 Å². The first-order chi connectivity index (χ1) is 6.29. The molecule has 0 aromatic rings. The van der Waals surface area contributed by atoms with Crippen LogP contribution in [0.1, 0.15) is 26.7 Å². The highest BCUT2D eigenvalue weighted by Gasteiger charge is 2.24. The summed E-state index contributed by atoms with van der Waals surface area (Å²) in [5.41, 5.74) is 0. The van der Waals surface area contributed by atoms with Gasteiger partial charge in [0.25, 0.3) is 0 Å². The maximum atomic E-state index is 5.46. The monoisotopic (exact) mass is 180 g/mol. The molecule has 1 N–H and O–H groups in total. The van der Waals surface area contributed by atoms with E-state index >= 15 is 0 Å². The smallest absolute Gasteiger partial charge is 0.0686 e. The van der Waals surface area contributed by atoms with Gasteiger partial charge in [0.1, 0.15) is 0 Å². The van der Waals surface area contributed by atoms with Crippen LogP contribution in [0.4, 0.5) is 0 Å². The Morgan fingerprint density at radius 3 is 2.92 bits per heavy atom. The first-order valence-electron chi connectivity index (χ1n) is 5.22. The second kappa shape index (κ2) is 5.26. The molecule has 2 heteroatoms. The molecule has 1 heterocycles. The first kappa shape index (κ1) is 10.6. The topological polar surface area (TPSA) is 15.3 Å². The van der Waals surface area contributed by atoms with Crippen molar-refractivity contribution in [3.63, 3.8) is 0 Å². The summed E-state index contributed by atoms with van der Waals surface area (Å²) in [6, 6.07) is 0.941. The molecule has 2 unspecified atom stereocenters. The van der Waals surface area contributed by atoms with E-state index in [4.69, 9.17) is 6.42 Å². The molecule has 0 aromatic carbocycles. The van der Waals surface area contributed by atoms with Crippen LogP contribution in [0.5, 0.6) is 0 Å². The molecule has 0 aliphatic carbocycles. The van der Waals surface area contributed by atoms with Crippen molar-refractivity contribution in [2.75, 3.05) is 19.6 Å². The van der Waals surface area contributed by atoms with Crippen molar-refractivity contribution in [3.05, 3.63) is 0 Å². The zero-order valence-electron chi connectivity index (χ0n) is 8.71.